The zero-order chi connectivity index (χ0) is 22.3. The van der Waals surface area contributed by atoms with Gasteiger partial charge in [0.05, 0.1) is 31.1 Å². The Morgan fingerprint density at radius 1 is 1.06 bits per heavy atom. The van der Waals surface area contributed by atoms with Gasteiger partial charge in [0.15, 0.2) is 12.4 Å². The van der Waals surface area contributed by atoms with E-state index in [4.69, 9.17) is 13.6 Å². The molecule has 0 unspecified atom stereocenters. The van der Waals surface area contributed by atoms with Crippen LogP contribution in [0, 0.1) is 0 Å². The first-order valence-corrected chi connectivity index (χ1v) is 10.5. The number of carbonyl (C=O) groups excluding carboxylic acids is 2. The zero-order valence-electron chi connectivity index (χ0n) is 16.4. The smallest absolute Gasteiger partial charge is 0.341 e. The van der Waals surface area contributed by atoms with Crippen LogP contribution in [0.2, 0.25) is 0 Å². The minimum Gasteiger partial charge on any atom is -0.468 e. The van der Waals surface area contributed by atoms with Crippen LogP contribution in [0.4, 0.5) is 0 Å². The lowest BCUT2D eigenvalue weighted by Gasteiger charge is -2.05. The Hall–Kier alpha value is -3.63. The van der Waals surface area contributed by atoms with Crippen molar-refractivity contribution in [1.82, 2.24) is 4.72 Å². The number of hydrogen-bond acceptors (Lipinski definition) is 8. The summed E-state index contributed by atoms with van der Waals surface area (Å²) < 4.78 is 46.9. The first-order chi connectivity index (χ1) is 14.9. The third-order valence-corrected chi connectivity index (χ3v) is 5.53. The highest BCUT2D eigenvalue weighted by atomic mass is 32.2. The largest absolute Gasteiger partial charge is 0.468 e. The summed E-state index contributed by atoms with van der Waals surface area (Å²) in [6.07, 6.45) is 5.41. The van der Waals surface area contributed by atoms with E-state index < -0.39 is 22.0 Å². The van der Waals surface area contributed by atoms with Crippen LogP contribution in [-0.4, -0.2) is 27.5 Å². The summed E-state index contributed by atoms with van der Waals surface area (Å²) in [6, 6.07) is 10.7. The fraction of sp³-hybridized carbons (Fsp3) is 0.143. The van der Waals surface area contributed by atoms with E-state index in [9.17, 15) is 18.0 Å². The summed E-state index contributed by atoms with van der Waals surface area (Å²) in [5, 5.41) is 0. The van der Waals surface area contributed by atoms with Crippen molar-refractivity contribution in [2.24, 2.45) is 0 Å². The molecule has 3 rings (SSSR count). The Labute approximate surface area is 178 Å². The molecule has 0 spiro atoms. The van der Waals surface area contributed by atoms with Gasteiger partial charge in [0.1, 0.15) is 11.3 Å². The van der Waals surface area contributed by atoms with E-state index in [1.54, 1.807) is 24.3 Å². The Kier molecular flexibility index (Phi) is 7.06. The highest BCUT2D eigenvalue weighted by molar-refractivity contribution is 7.89. The van der Waals surface area contributed by atoms with Crippen molar-refractivity contribution in [1.29, 1.82) is 0 Å². The molecule has 0 saturated carbocycles. The highest BCUT2D eigenvalue weighted by Crippen LogP contribution is 2.15. The van der Waals surface area contributed by atoms with E-state index in [1.807, 2.05) is 0 Å². The molecule has 2 heterocycles. The number of nitrogens with one attached hydrogen (secondary N) is 1. The van der Waals surface area contributed by atoms with Crippen LogP contribution in [-0.2, 0) is 37.4 Å². The molecule has 0 amide bonds. The van der Waals surface area contributed by atoms with Gasteiger partial charge in [-0.15, -0.1) is 0 Å². The number of esters is 2. The number of benzene rings is 1. The summed E-state index contributed by atoms with van der Waals surface area (Å²) >= 11 is 0. The van der Waals surface area contributed by atoms with E-state index in [1.165, 1.54) is 50.0 Å². The number of furan rings is 2. The van der Waals surface area contributed by atoms with E-state index in [0.717, 1.165) is 0 Å². The molecular weight excluding hydrogens is 426 g/mol. The Morgan fingerprint density at radius 3 is 2.52 bits per heavy atom. The van der Waals surface area contributed by atoms with Gasteiger partial charge in [-0.05, 0) is 42.0 Å². The summed E-state index contributed by atoms with van der Waals surface area (Å²) in [7, 11) is -2.47. The molecule has 0 aliphatic rings. The van der Waals surface area contributed by atoms with Crippen LogP contribution in [0.1, 0.15) is 27.4 Å². The molecule has 1 aromatic carbocycles. The number of ether oxygens (including phenoxy) is 2. The maximum absolute atomic E-state index is 12.3. The Morgan fingerprint density at radius 2 is 1.84 bits per heavy atom. The monoisotopic (exact) mass is 445 g/mol. The number of methoxy groups -OCH3 is 1. The second kappa shape index (κ2) is 9.92. The number of sulfonamides is 1. The van der Waals surface area contributed by atoms with Crippen molar-refractivity contribution in [2.45, 2.75) is 18.0 Å². The molecule has 0 bridgehead atoms. The summed E-state index contributed by atoms with van der Waals surface area (Å²) in [4.78, 5) is 23.5. The second-order valence-corrected chi connectivity index (χ2v) is 7.93. The predicted molar refractivity (Wildman–Crippen MR) is 108 cm³/mol. The molecule has 10 heteroatoms. The van der Waals surface area contributed by atoms with E-state index in [0.29, 0.717) is 11.3 Å². The molecule has 0 radical (unpaired) electrons. The molecule has 0 saturated heterocycles. The van der Waals surface area contributed by atoms with Gasteiger partial charge in [-0.25, -0.2) is 22.7 Å². The van der Waals surface area contributed by atoms with Gasteiger partial charge < -0.3 is 18.3 Å². The average molecular weight is 445 g/mol. The van der Waals surface area contributed by atoms with Crippen molar-refractivity contribution >= 4 is 28.0 Å². The van der Waals surface area contributed by atoms with Gasteiger partial charge >= 0.3 is 11.9 Å². The topological polar surface area (TPSA) is 125 Å². The van der Waals surface area contributed by atoms with Gasteiger partial charge in [-0.2, -0.15) is 0 Å². The van der Waals surface area contributed by atoms with Gasteiger partial charge in [0.25, 0.3) is 0 Å². The van der Waals surface area contributed by atoms with Crippen LogP contribution in [0.5, 0.6) is 0 Å². The lowest BCUT2D eigenvalue weighted by atomic mass is 10.2. The van der Waals surface area contributed by atoms with Crippen molar-refractivity contribution in [3.63, 3.8) is 0 Å². The Bertz CT molecular complexity index is 1160. The fourth-order valence-electron chi connectivity index (χ4n) is 2.51. The van der Waals surface area contributed by atoms with Crippen molar-refractivity contribution < 1.29 is 36.3 Å². The lowest BCUT2D eigenvalue weighted by molar-refractivity contribution is -0.139. The summed E-state index contributed by atoms with van der Waals surface area (Å²) in [5.41, 5.74) is 0.770. The maximum atomic E-state index is 12.3. The molecule has 0 atom stereocenters. The van der Waals surface area contributed by atoms with Crippen LogP contribution >= 0.6 is 0 Å². The van der Waals surface area contributed by atoms with E-state index in [2.05, 4.69) is 9.46 Å². The average Bonchev–Trinajstić information content (AvgIpc) is 3.46. The van der Waals surface area contributed by atoms with Gasteiger partial charge in [0.2, 0.25) is 10.0 Å². The minimum absolute atomic E-state index is 0.0379. The van der Waals surface area contributed by atoms with E-state index >= 15 is 0 Å². The van der Waals surface area contributed by atoms with Crippen LogP contribution < -0.4 is 4.72 Å². The third-order valence-electron chi connectivity index (χ3n) is 4.12. The standard InChI is InChI=1S/C21H19NO8S/c1-27-21(24)18-10-12-29-19(18)14-30-20(23)9-6-15-4-7-17(8-5-15)31(25,26)22-13-16-3-2-11-28-16/h2-12,22H,13-14H2,1H3/b9-6+. The fourth-order valence-corrected chi connectivity index (χ4v) is 3.51. The van der Waals surface area contributed by atoms with Crippen LogP contribution in [0.15, 0.2) is 74.8 Å². The van der Waals surface area contributed by atoms with Crippen molar-refractivity contribution in [3.05, 3.63) is 83.7 Å². The lowest BCUT2D eigenvalue weighted by Crippen LogP contribution is -2.22. The number of carbonyl (C=O) groups is 2. The van der Waals surface area contributed by atoms with Crippen LogP contribution in [0.3, 0.4) is 0 Å². The quantitative estimate of drug-likeness (QED) is 0.394. The van der Waals surface area contributed by atoms with Gasteiger partial charge in [0, 0.05) is 6.08 Å². The SMILES string of the molecule is COC(=O)c1ccoc1COC(=O)/C=C/c1ccc(S(=O)(=O)NCc2ccco2)cc1. The molecule has 0 aliphatic carbocycles. The van der Waals surface area contributed by atoms with Crippen molar-refractivity contribution in [3.8, 4) is 0 Å². The number of hydrogen-bond donors (Lipinski definition) is 1. The third kappa shape index (κ3) is 5.93. The molecular formula is C21H19NO8S. The van der Waals surface area contributed by atoms with E-state index in [-0.39, 0.29) is 29.4 Å². The molecule has 31 heavy (non-hydrogen) atoms. The van der Waals surface area contributed by atoms with Gasteiger partial charge in [-0.1, -0.05) is 12.1 Å². The molecule has 3 aromatic rings. The van der Waals surface area contributed by atoms with Crippen molar-refractivity contribution in [2.75, 3.05) is 7.11 Å². The molecule has 1 N–H and O–H groups in total. The maximum Gasteiger partial charge on any atom is 0.341 e. The number of rotatable bonds is 9. The van der Waals surface area contributed by atoms with Crippen LogP contribution in [0.25, 0.3) is 6.08 Å². The molecule has 162 valence electrons. The second-order valence-electron chi connectivity index (χ2n) is 6.16. The minimum atomic E-state index is -3.71. The normalized spacial score (nSPS) is 11.5. The first kappa shape index (κ1) is 22.1. The predicted octanol–water partition coefficient (Wildman–Crippen LogP) is 2.89. The molecule has 0 fully saturated rings. The zero-order valence-corrected chi connectivity index (χ0v) is 17.3. The first-order valence-electron chi connectivity index (χ1n) is 9.00. The Balaban J connectivity index is 1.54. The molecule has 0 aliphatic heterocycles. The highest BCUT2D eigenvalue weighted by Gasteiger charge is 2.16. The summed E-state index contributed by atoms with van der Waals surface area (Å²) in [6.45, 7) is -0.199. The molecule has 9 nitrogen and oxygen atoms in total. The summed E-state index contributed by atoms with van der Waals surface area (Å²) in [5.74, 6) is -0.590. The van der Waals surface area contributed by atoms with Gasteiger partial charge in [-0.3, -0.25) is 0 Å². The molecule has 2 aromatic heterocycles.